The summed E-state index contributed by atoms with van der Waals surface area (Å²) in [6, 6.07) is 1.13. The standard InChI is InChI=1S/C11H24N2/c1-3-11-7-5-4-6-8-13(11)9-10(2)12/h10-11H,3-9,12H2,1-2H3. The molecule has 0 saturated carbocycles. The predicted molar refractivity (Wildman–Crippen MR) is 57.8 cm³/mol. The second-order valence-corrected chi connectivity index (χ2v) is 4.38. The molecule has 78 valence electrons. The first-order valence-electron chi connectivity index (χ1n) is 5.73. The van der Waals surface area contributed by atoms with Crippen molar-refractivity contribution in [2.45, 2.75) is 58.0 Å². The number of hydrogen-bond acceptors (Lipinski definition) is 2. The Morgan fingerprint density at radius 2 is 2.15 bits per heavy atom. The smallest absolute Gasteiger partial charge is 0.0139 e. The van der Waals surface area contributed by atoms with Crippen molar-refractivity contribution in [3.05, 3.63) is 0 Å². The first kappa shape index (κ1) is 11.0. The van der Waals surface area contributed by atoms with Gasteiger partial charge in [0.1, 0.15) is 0 Å². The number of likely N-dealkylation sites (tertiary alicyclic amines) is 1. The molecule has 0 bridgehead atoms. The summed E-state index contributed by atoms with van der Waals surface area (Å²) in [6.07, 6.45) is 6.85. The van der Waals surface area contributed by atoms with Crippen LogP contribution in [0.15, 0.2) is 0 Å². The number of nitrogens with zero attached hydrogens (tertiary/aromatic N) is 1. The van der Waals surface area contributed by atoms with Crippen molar-refractivity contribution in [1.29, 1.82) is 0 Å². The molecule has 1 rings (SSSR count). The molecule has 2 heteroatoms. The lowest BCUT2D eigenvalue weighted by Gasteiger charge is -2.30. The van der Waals surface area contributed by atoms with Gasteiger partial charge in [0.05, 0.1) is 0 Å². The Kier molecular flexibility index (Phi) is 4.74. The van der Waals surface area contributed by atoms with Gasteiger partial charge in [0.25, 0.3) is 0 Å². The van der Waals surface area contributed by atoms with Gasteiger partial charge in [-0.1, -0.05) is 19.8 Å². The zero-order chi connectivity index (χ0) is 9.68. The quantitative estimate of drug-likeness (QED) is 0.727. The Labute approximate surface area is 82.5 Å². The van der Waals surface area contributed by atoms with Gasteiger partial charge in [0, 0.05) is 18.6 Å². The molecule has 1 aliphatic heterocycles. The fourth-order valence-corrected chi connectivity index (χ4v) is 2.31. The summed E-state index contributed by atoms with van der Waals surface area (Å²) >= 11 is 0. The SMILES string of the molecule is CCC1CCCCCN1CC(C)N. The van der Waals surface area contributed by atoms with Crippen LogP contribution in [0.4, 0.5) is 0 Å². The summed E-state index contributed by atoms with van der Waals surface area (Å²) in [5, 5.41) is 0. The van der Waals surface area contributed by atoms with Crippen LogP contribution in [0.25, 0.3) is 0 Å². The molecule has 0 aliphatic carbocycles. The van der Waals surface area contributed by atoms with Crippen molar-refractivity contribution in [1.82, 2.24) is 4.90 Å². The second kappa shape index (κ2) is 5.61. The maximum atomic E-state index is 5.85. The zero-order valence-electron chi connectivity index (χ0n) is 9.13. The Morgan fingerprint density at radius 3 is 2.77 bits per heavy atom. The molecule has 2 atom stereocenters. The highest BCUT2D eigenvalue weighted by molar-refractivity contribution is 4.76. The van der Waals surface area contributed by atoms with Crippen molar-refractivity contribution in [2.75, 3.05) is 13.1 Å². The van der Waals surface area contributed by atoms with E-state index in [9.17, 15) is 0 Å². The predicted octanol–water partition coefficient (Wildman–Crippen LogP) is 1.99. The number of hydrogen-bond donors (Lipinski definition) is 1. The van der Waals surface area contributed by atoms with Crippen LogP contribution in [-0.2, 0) is 0 Å². The van der Waals surface area contributed by atoms with Gasteiger partial charge in [-0.05, 0) is 32.7 Å². The first-order chi connectivity index (χ1) is 6.24. The van der Waals surface area contributed by atoms with Crippen LogP contribution in [0.3, 0.4) is 0 Å². The lowest BCUT2D eigenvalue weighted by Crippen LogP contribution is -2.41. The summed E-state index contributed by atoms with van der Waals surface area (Å²) in [6.45, 7) is 6.75. The topological polar surface area (TPSA) is 29.3 Å². The summed E-state index contributed by atoms with van der Waals surface area (Å²) < 4.78 is 0. The van der Waals surface area contributed by atoms with E-state index >= 15 is 0 Å². The van der Waals surface area contributed by atoms with Gasteiger partial charge < -0.3 is 5.73 Å². The van der Waals surface area contributed by atoms with Gasteiger partial charge >= 0.3 is 0 Å². The van der Waals surface area contributed by atoms with Crippen molar-refractivity contribution < 1.29 is 0 Å². The van der Waals surface area contributed by atoms with Crippen molar-refractivity contribution in [3.8, 4) is 0 Å². The first-order valence-corrected chi connectivity index (χ1v) is 5.73. The van der Waals surface area contributed by atoms with Gasteiger partial charge in [-0.15, -0.1) is 0 Å². The Bertz CT molecular complexity index is 134. The summed E-state index contributed by atoms with van der Waals surface area (Å²) in [5.41, 5.74) is 5.85. The summed E-state index contributed by atoms with van der Waals surface area (Å²) in [7, 11) is 0. The van der Waals surface area contributed by atoms with E-state index in [1.165, 1.54) is 38.6 Å². The van der Waals surface area contributed by atoms with Crippen LogP contribution in [0.2, 0.25) is 0 Å². The summed E-state index contributed by atoms with van der Waals surface area (Å²) in [5.74, 6) is 0. The van der Waals surface area contributed by atoms with Crippen LogP contribution >= 0.6 is 0 Å². The number of rotatable bonds is 3. The van der Waals surface area contributed by atoms with Crippen LogP contribution in [0.1, 0.15) is 46.0 Å². The maximum Gasteiger partial charge on any atom is 0.0139 e. The van der Waals surface area contributed by atoms with Crippen molar-refractivity contribution in [2.24, 2.45) is 5.73 Å². The summed E-state index contributed by atoms with van der Waals surface area (Å²) in [4.78, 5) is 2.59. The molecule has 0 aromatic rings. The van der Waals surface area contributed by atoms with E-state index in [0.717, 1.165) is 12.6 Å². The molecule has 1 heterocycles. The van der Waals surface area contributed by atoms with Gasteiger partial charge in [-0.3, -0.25) is 4.90 Å². The van der Waals surface area contributed by atoms with Crippen molar-refractivity contribution in [3.63, 3.8) is 0 Å². The monoisotopic (exact) mass is 184 g/mol. The van der Waals surface area contributed by atoms with E-state index in [1.54, 1.807) is 0 Å². The molecule has 0 amide bonds. The molecular weight excluding hydrogens is 160 g/mol. The minimum Gasteiger partial charge on any atom is -0.327 e. The molecule has 0 aromatic carbocycles. The van der Waals surface area contributed by atoms with Crippen LogP contribution in [0.5, 0.6) is 0 Å². The van der Waals surface area contributed by atoms with E-state index in [1.807, 2.05) is 0 Å². The average molecular weight is 184 g/mol. The molecular formula is C11H24N2. The van der Waals surface area contributed by atoms with E-state index in [4.69, 9.17) is 5.73 Å². The Morgan fingerprint density at radius 1 is 1.38 bits per heavy atom. The third-order valence-electron chi connectivity index (χ3n) is 2.99. The molecule has 2 nitrogen and oxygen atoms in total. The molecule has 1 saturated heterocycles. The van der Waals surface area contributed by atoms with Crippen LogP contribution in [-0.4, -0.2) is 30.1 Å². The van der Waals surface area contributed by atoms with Gasteiger partial charge in [0.2, 0.25) is 0 Å². The fraction of sp³-hybridized carbons (Fsp3) is 1.00. The molecule has 0 spiro atoms. The lowest BCUT2D eigenvalue weighted by molar-refractivity contribution is 0.186. The van der Waals surface area contributed by atoms with E-state index in [0.29, 0.717) is 6.04 Å². The molecule has 1 fully saturated rings. The van der Waals surface area contributed by atoms with E-state index in [2.05, 4.69) is 18.7 Å². The van der Waals surface area contributed by atoms with E-state index in [-0.39, 0.29) is 0 Å². The molecule has 2 unspecified atom stereocenters. The van der Waals surface area contributed by atoms with Crippen molar-refractivity contribution >= 4 is 0 Å². The largest absolute Gasteiger partial charge is 0.327 e. The average Bonchev–Trinajstić information content (AvgIpc) is 2.28. The van der Waals surface area contributed by atoms with Gasteiger partial charge in [0.15, 0.2) is 0 Å². The number of nitrogens with two attached hydrogens (primary N) is 1. The highest BCUT2D eigenvalue weighted by Crippen LogP contribution is 2.18. The van der Waals surface area contributed by atoms with Gasteiger partial charge in [-0.2, -0.15) is 0 Å². The minimum atomic E-state index is 0.326. The van der Waals surface area contributed by atoms with Crippen LogP contribution in [0, 0.1) is 0 Å². The van der Waals surface area contributed by atoms with Crippen LogP contribution < -0.4 is 5.73 Å². The third kappa shape index (κ3) is 3.65. The minimum absolute atomic E-state index is 0.326. The zero-order valence-corrected chi connectivity index (χ0v) is 9.13. The lowest BCUT2D eigenvalue weighted by atomic mass is 10.1. The molecule has 2 N–H and O–H groups in total. The van der Waals surface area contributed by atoms with Gasteiger partial charge in [-0.25, -0.2) is 0 Å². The Hall–Kier alpha value is -0.0800. The normalized spacial score (nSPS) is 28.4. The highest BCUT2D eigenvalue weighted by atomic mass is 15.2. The maximum absolute atomic E-state index is 5.85. The highest BCUT2D eigenvalue weighted by Gasteiger charge is 2.19. The second-order valence-electron chi connectivity index (χ2n) is 4.38. The molecule has 0 aromatic heterocycles. The third-order valence-corrected chi connectivity index (χ3v) is 2.99. The molecule has 13 heavy (non-hydrogen) atoms. The fourth-order valence-electron chi connectivity index (χ4n) is 2.31. The molecule has 1 aliphatic rings. The van der Waals surface area contributed by atoms with E-state index < -0.39 is 0 Å². The molecule has 0 radical (unpaired) electrons. The Balaban J connectivity index is 2.44.